The first-order valence-corrected chi connectivity index (χ1v) is 14.9. The van der Waals surface area contributed by atoms with Crippen molar-refractivity contribution in [1.29, 1.82) is 0 Å². The van der Waals surface area contributed by atoms with Crippen LogP contribution in [0.2, 0.25) is 0 Å². The minimum Gasteiger partial charge on any atom is -0.458 e. The van der Waals surface area contributed by atoms with Crippen molar-refractivity contribution in [3.63, 3.8) is 0 Å². The maximum Gasteiger partial charge on any atom is 0.331 e. The molecule has 10 nitrogen and oxygen atoms in total. The van der Waals surface area contributed by atoms with E-state index >= 15 is 0 Å². The van der Waals surface area contributed by atoms with Gasteiger partial charge in [0.15, 0.2) is 12.1 Å². The van der Waals surface area contributed by atoms with Crippen molar-refractivity contribution < 1.29 is 49.0 Å². The molecule has 0 aromatic rings. The summed E-state index contributed by atoms with van der Waals surface area (Å²) >= 11 is 0. The maximum atomic E-state index is 14.1. The monoisotopic (exact) mass is 564 g/mol. The predicted octanol–water partition coefficient (Wildman–Crippen LogP) is 1.26. The zero-order valence-corrected chi connectivity index (χ0v) is 23.8. The number of Topliss-reactive ketones (excluding diaryl/α,β-unsaturated/α-hetero) is 1. The lowest BCUT2D eigenvalue weighted by Crippen LogP contribution is -2.70. The van der Waals surface area contributed by atoms with Crippen LogP contribution in [0.15, 0.2) is 11.6 Å². The molecule has 0 spiro atoms. The van der Waals surface area contributed by atoms with Crippen LogP contribution in [0.3, 0.4) is 0 Å². The molecule has 4 aliphatic carbocycles. The second-order valence-corrected chi connectivity index (χ2v) is 13.7. The van der Waals surface area contributed by atoms with Crippen LogP contribution in [0.4, 0.5) is 0 Å². The molecule has 4 N–H and O–H groups in total. The first-order chi connectivity index (χ1) is 18.9. The highest BCUT2D eigenvalue weighted by atomic mass is 16.7. The predicted molar refractivity (Wildman–Crippen MR) is 140 cm³/mol. The van der Waals surface area contributed by atoms with Crippen LogP contribution < -0.4 is 0 Å². The third kappa shape index (κ3) is 3.86. The fourth-order valence-corrected chi connectivity index (χ4v) is 9.86. The average Bonchev–Trinajstić information content (AvgIpc) is 3.47. The number of methoxy groups -OCH3 is 1. The summed E-state index contributed by atoms with van der Waals surface area (Å²) in [5.74, 6) is -1.51. The van der Waals surface area contributed by atoms with Gasteiger partial charge in [-0.2, -0.15) is 0 Å². The SMILES string of the molecule is CO[C@@H]1[C@H](O)[C@@H](C)OC(O[C@H]2CC[C@@]3(C)[C@H](CC[C@@H]4[C@@H]3C(=O)[C@@H](O)[C@@]3(C)[C@@H](C5=CC(=O)OC5)CC[C@]43O)C2)[C@@H]1O. The van der Waals surface area contributed by atoms with Gasteiger partial charge in [0.2, 0.25) is 0 Å². The molecule has 14 atom stereocenters. The largest absolute Gasteiger partial charge is 0.458 e. The second-order valence-electron chi connectivity index (χ2n) is 13.7. The minimum atomic E-state index is -1.34. The van der Waals surface area contributed by atoms with Gasteiger partial charge in [-0.1, -0.05) is 13.8 Å². The highest BCUT2D eigenvalue weighted by Gasteiger charge is 2.73. The molecule has 2 aliphatic heterocycles. The Labute approximate surface area is 235 Å². The summed E-state index contributed by atoms with van der Waals surface area (Å²) in [6, 6.07) is 0. The molecule has 0 amide bonds. The summed E-state index contributed by atoms with van der Waals surface area (Å²) in [7, 11) is 1.44. The number of aliphatic hydroxyl groups is 4. The van der Waals surface area contributed by atoms with Gasteiger partial charge in [-0.05, 0) is 80.6 Å². The number of hydrogen-bond acceptors (Lipinski definition) is 10. The quantitative estimate of drug-likeness (QED) is 0.290. The van der Waals surface area contributed by atoms with Crippen LogP contribution >= 0.6 is 0 Å². The van der Waals surface area contributed by atoms with Crippen LogP contribution in [0.5, 0.6) is 0 Å². The van der Waals surface area contributed by atoms with E-state index in [1.54, 1.807) is 6.92 Å². The molecule has 5 fully saturated rings. The van der Waals surface area contributed by atoms with E-state index in [4.69, 9.17) is 18.9 Å². The number of ether oxygens (including phenoxy) is 4. The maximum absolute atomic E-state index is 14.1. The first-order valence-electron chi connectivity index (χ1n) is 14.9. The second kappa shape index (κ2) is 9.82. The van der Waals surface area contributed by atoms with Gasteiger partial charge < -0.3 is 39.4 Å². The number of fused-ring (bicyclic) bond motifs is 5. The van der Waals surface area contributed by atoms with Crippen molar-refractivity contribution in [2.24, 2.45) is 34.5 Å². The molecule has 0 radical (unpaired) electrons. The van der Waals surface area contributed by atoms with E-state index in [-0.39, 0.29) is 36.2 Å². The Balaban J connectivity index is 1.22. The van der Waals surface area contributed by atoms with E-state index in [1.165, 1.54) is 13.2 Å². The Morgan fingerprint density at radius 1 is 1.02 bits per heavy atom. The molecule has 224 valence electrons. The third-order valence-electron chi connectivity index (χ3n) is 12.2. The lowest BCUT2D eigenvalue weighted by atomic mass is 9.42. The topological polar surface area (TPSA) is 152 Å². The van der Waals surface area contributed by atoms with E-state index in [2.05, 4.69) is 6.92 Å². The van der Waals surface area contributed by atoms with E-state index < -0.39 is 65.1 Å². The number of carbonyl (C=O) groups is 2. The van der Waals surface area contributed by atoms with Crippen LogP contribution in [0.1, 0.15) is 65.7 Å². The zero-order valence-electron chi connectivity index (χ0n) is 23.8. The molecule has 6 rings (SSSR count). The Hall–Kier alpha value is -1.40. The molecular weight excluding hydrogens is 520 g/mol. The number of ketones is 1. The van der Waals surface area contributed by atoms with Gasteiger partial charge in [0.05, 0.1) is 17.8 Å². The van der Waals surface area contributed by atoms with Crippen LogP contribution in [-0.2, 0) is 28.5 Å². The van der Waals surface area contributed by atoms with Gasteiger partial charge in [-0.3, -0.25) is 4.79 Å². The van der Waals surface area contributed by atoms with Gasteiger partial charge in [0.25, 0.3) is 0 Å². The number of cyclic esters (lactones) is 1. The Kier molecular flexibility index (Phi) is 7.05. The number of esters is 1. The van der Waals surface area contributed by atoms with Crippen molar-refractivity contribution >= 4 is 11.8 Å². The van der Waals surface area contributed by atoms with Gasteiger partial charge >= 0.3 is 5.97 Å². The Bertz CT molecular complexity index is 1080. The van der Waals surface area contributed by atoms with Crippen molar-refractivity contribution in [3.05, 3.63) is 11.6 Å². The van der Waals surface area contributed by atoms with Gasteiger partial charge in [0, 0.05) is 24.5 Å². The summed E-state index contributed by atoms with van der Waals surface area (Å²) in [4.78, 5) is 25.9. The molecule has 0 bridgehead atoms. The normalized spacial score (nSPS) is 54.3. The third-order valence-corrected chi connectivity index (χ3v) is 12.2. The molecule has 0 aromatic carbocycles. The molecule has 6 aliphatic rings. The summed E-state index contributed by atoms with van der Waals surface area (Å²) in [5.41, 5.74) is -1.96. The van der Waals surface area contributed by atoms with E-state index in [0.717, 1.165) is 12.0 Å². The number of hydrogen-bond donors (Lipinski definition) is 4. The molecule has 2 heterocycles. The number of rotatable bonds is 4. The van der Waals surface area contributed by atoms with Crippen LogP contribution in [-0.4, -0.2) is 94.4 Å². The lowest BCUT2D eigenvalue weighted by Gasteiger charge is -2.64. The minimum absolute atomic E-state index is 0.138. The van der Waals surface area contributed by atoms with Crippen LogP contribution in [0.25, 0.3) is 0 Å². The van der Waals surface area contributed by atoms with Crippen molar-refractivity contribution in [1.82, 2.24) is 0 Å². The highest BCUT2D eigenvalue weighted by Crippen LogP contribution is 2.69. The molecule has 40 heavy (non-hydrogen) atoms. The van der Waals surface area contributed by atoms with Gasteiger partial charge in [-0.15, -0.1) is 0 Å². The van der Waals surface area contributed by atoms with Gasteiger partial charge in [-0.25, -0.2) is 4.79 Å². The fraction of sp³-hybridized carbons (Fsp3) is 0.867. The molecular formula is C30H44O10. The van der Waals surface area contributed by atoms with Crippen molar-refractivity contribution in [2.75, 3.05) is 13.7 Å². The summed E-state index contributed by atoms with van der Waals surface area (Å²) in [5, 5.41) is 45.1. The van der Waals surface area contributed by atoms with Crippen LogP contribution in [0, 0.1) is 34.5 Å². The summed E-state index contributed by atoms with van der Waals surface area (Å²) in [6.45, 7) is 5.82. The number of aliphatic hydroxyl groups excluding tert-OH is 3. The molecule has 10 heteroatoms. The Morgan fingerprint density at radius 3 is 2.45 bits per heavy atom. The average molecular weight is 565 g/mol. The standard InChI is InChI=1S/C30H44O10/c1-14-22(32)25(37-4)24(34)27(39-14)40-17-7-9-28(2)16(12-17)5-6-19-21(28)23(33)26(35)29(3)18(8-10-30(19,29)36)15-11-20(31)38-13-15/h11,14,16-19,21-22,24-27,32,34-36H,5-10,12-13H2,1-4H3/t14-,16-,17+,18-,19-,21-,22-,24-,25-,26-,27?,28+,29-,30+/m1/s1. The van der Waals surface area contributed by atoms with Gasteiger partial charge in [0.1, 0.15) is 31.0 Å². The zero-order chi connectivity index (χ0) is 28.8. The smallest absolute Gasteiger partial charge is 0.331 e. The van der Waals surface area contributed by atoms with Crippen molar-refractivity contribution in [3.8, 4) is 0 Å². The molecule has 1 saturated heterocycles. The number of carbonyl (C=O) groups excluding carboxylic acids is 2. The van der Waals surface area contributed by atoms with E-state index in [0.29, 0.717) is 38.5 Å². The molecule has 1 unspecified atom stereocenters. The molecule has 4 saturated carbocycles. The Morgan fingerprint density at radius 2 is 1.77 bits per heavy atom. The fourth-order valence-electron chi connectivity index (χ4n) is 9.86. The van der Waals surface area contributed by atoms with E-state index in [1.807, 2.05) is 6.92 Å². The molecule has 0 aromatic heterocycles. The lowest BCUT2D eigenvalue weighted by molar-refractivity contribution is -0.313. The highest BCUT2D eigenvalue weighted by molar-refractivity contribution is 5.90. The van der Waals surface area contributed by atoms with E-state index in [9.17, 15) is 30.0 Å². The summed E-state index contributed by atoms with van der Waals surface area (Å²) < 4.78 is 22.5. The first kappa shape index (κ1) is 28.7. The van der Waals surface area contributed by atoms with Crippen molar-refractivity contribution in [2.45, 2.75) is 114 Å². The summed E-state index contributed by atoms with van der Waals surface area (Å²) in [6.07, 6.45) is 0.0981.